The van der Waals surface area contributed by atoms with Crippen LogP contribution in [0.5, 0.6) is 0 Å². The third-order valence-electron chi connectivity index (χ3n) is 7.45. The molecule has 0 spiro atoms. The van der Waals surface area contributed by atoms with E-state index < -0.39 is 5.82 Å². The van der Waals surface area contributed by atoms with Gasteiger partial charge < -0.3 is 9.73 Å². The van der Waals surface area contributed by atoms with Crippen molar-refractivity contribution in [2.45, 2.75) is 58.0 Å². The minimum atomic E-state index is -0.404. The highest BCUT2D eigenvalue weighted by Gasteiger charge is 2.52. The van der Waals surface area contributed by atoms with Crippen LogP contribution in [0.4, 0.5) is 4.39 Å². The molecule has 0 aliphatic heterocycles. The summed E-state index contributed by atoms with van der Waals surface area (Å²) in [4.78, 5) is 0. The first-order chi connectivity index (χ1) is 13.0. The summed E-state index contributed by atoms with van der Waals surface area (Å²) in [6.45, 7) is 3.11. The molecule has 1 aromatic carbocycles. The number of halogens is 2. The van der Waals surface area contributed by atoms with E-state index in [0.717, 1.165) is 41.4 Å². The molecule has 1 unspecified atom stereocenters. The molecule has 27 heavy (non-hydrogen) atoms. The zero-order valence-electron chi connectivity index (χ0n) is 15.8. The van der Waals surface area contributed by atoms with E-state index in [1.807, 2.05) is 12.1 Å². The smallest absolute Gasteiger partial charge is 0.141 e. The van der Waals surface area contributed by atoms with Crippen molar-refractivity contribution in [1.29, 1.82) is 0 Å². The van der Waals surface area contributed by atoms with Crippen LogP contribution in [0.2, 0.25) is 5.02 Å². The first-order valence-electron chi connectivity index (χ1n) is 10.3. The number of nitrogens with one attached hydrogen (secondary N) is 1. The van der Waals surface area contributed by atoms with Gasteiger partial charge in [0.1, 0.15) is 17.3 Å². The van der Waals surface area contributed by atoms with Crippen LogP contribution in [-0.4, -0.2) is 6.04 Å². The van der Waals surface area contributed by atoms with Crippen LogP contribution in [0.15, 0.2) is 34.7 Å². The van der Waals surface area contributed by atoms with Crippen molar-refractivity contribution < 1.29 is 8.81 Å². The van der Waals surface area contributed by atoms with Crippen molar-refractivity contribution in [2.24, 2.45) is 23.2 Å². The van der Waals surface area contributed by atoms with Crippen LogP contribution in [0, 0.1) is 29.0 Å². The predicted octanol–water partition coefficient (Wildman–Crippen LogP) is 6.43. The van der Waals surface area contributed by atoms with Crippen molar-refractivity contribution in [3.63, 3.8) is 0 Å². The van der Waals surface area contributed by atoms with E-state index in [9.17, 15) is 4.39 Å². The van der Waals surface area contributed by atoms with E-state index in [4.69, 9.17) is 16.0 Å². The summed E-state index contributed by atoms with van der Waals surface area (Å²) in [6, 6.07) is 9.16. The predicted molar refractivity (Wildman–Crippen MR) is 106 cm³/mol. The van der Waals surface area contributed by atoms with E-state index in [-0.39, 0.29) is 5.02 Å². The first kappa shape index (κ1) is 17.8. The Morgan fingerprint density at radius 1 is 1.11 bits per heavy atom. The lowest BCUT2D eigenvalue weighted by atomic mass is 9.48. The molecule has 144 valence electrons. The second-order valence-corrected chi connectivity index (χ2v) is 9.68. The maximum atomic E-state index is 13.4. The van der Waals surface area contributed by atoms with Crippen LogP contribution in [0.25, 0.3) is 11.3 Å². The second kappa shape index (κ2) is 6.63. The molecule has 0 saturated heterocycles. The van der Waals surface area contributed by atoms with Gasteiger partial charge in [0, 0.05) is 11.6 Å². The molecule has 4 aliphatic carbocycles. The molecule has 4 heteroatoms. The Morgan fingerprint density at radius 2 is 1.78 bits per heavy atom. The fourth-order valence-electron chi connectivity index (χ4n) is 6.46. The maximum absolute atomic E-state index is 13.4. The molecular weight excluding hydrogens is 361 g/mol. The quantitative estimate of drug-likeness (QED) is 0.639. The van der Waals surface area contributed by atoms with Crippen molar-refractivity contribution in [3.05, 3.63) is 46.9 Å². The Labute approximate surface area is 165 Å². The molecule has 6 rings (SSSR count). The lowest BCUT2D eigenvalue weighted by molar-refractivity contribution is -0.0708. The Bertz CT molecular complexity index is 809. The molecule has 1 aromatic heterocycles. The zero-order valence-corrected chi connectivity index (χ0v) is 16.6. The van der Waals surface area contributed by atoms with E-state index in [1.54, 1.807) is 12.1 Å². The molecule has 1 N–H and O–H groups in total. The van der Waals surface area contributed by atoms with Gasteiger partial charge in [-0.1, -0.05) is 11.6 Å². The highest BCUT2D eigenvalue weighted by molar-refractivity contribution is 6.31. The number of hydrogen-bond acceptors (Lipinski definition) is 2. The molecular formula is C23H27ClFNO. The van der Waals surface area contributed by atoms with E-state index in [1.165, 1.54) is 44.6 Å². The Balaban J connectivity index is 1.25. The normalized spacial score (nSPS) is 32.8. The van der Waals surface area contributed by atoms with Crippen molar-refractivity contribution >= 4 is 11.6 Å². The second-order valence-electron chi connectivity index (χ2n) is 9.28. The van der Waals surface area contributed by atoms with Crippen LogP contribution < -0.4 is 5.32 Å². The Kier molecular flexibility index (Phi) is 4.36. The van der Waals surface area contributed by atoms with Gasteiger partial charge in [-0.15, -0.1) is 0 Å². The SMILES string of the molecule is CC(NCc1ccc(-c2ccc(F)c(Cl)c2)o1)C12CC3CC(CC(C3)C1)C2. The summed E-state index contributed by atoms with van der Waals surface area (Å²) < 4.78 is 19.4. The Morgan fingerprint density at radius 3 is 2.41 bits per heavy atom. The average Bonchev–Trinajstić information content (AvgIpc) is 3.10. The standard InChI is InChI=1S/C23H27ClFNO/c1-14(23-10-15-6-16(11-23)8-17(7-15)12-23)26-13-19-3-5-22(27-19)18-2-4-21(25)20(24)9-18/h2-5,9,14-17,26H,6-8,10-13H2,1H3. The highest BCUT2D eigenvalue weighted by atomic mass is 35.5. The summed E-state index contributed by atoms with van der Waals surface area (Å²) in [5.74, 6) is 4.16. The summed E-state index contributed by atoms with van der Waals surface area (Å²) >= 11 is 5.89. The fourth-order valence-corrected chi connectivity index (χ4v) is 6.64. The molecule has 1 heterocycles. The van der Waals surface area contributed by atoms with Crippen molar-refractivity contribution in [3.8, 4) is 11.3 Å². The monoisotopic (exact) mass is 387 g/mol. The van der Waals surface area contributed by atoms with Gasteiger partial charge in [0.15, 0.2) is 0 Å². The number of rotatable bonds is 5. The third-order valence-corrected chi connectivity index (χ3v) is 7.74. The van der Waals surface area contributed by atoms with Crippen LogP contribution in [-0.2, 0) is 6.54 Å². The summed E-state index contributed by atoms with van der Waals surface area (Å²) in [7, 11) is 0. The van der Waals surface area contributed by atoms with Gasteiger partial charge >= 0.3 is 0 Å². The molecule has 1 atom stereocenters. The summed E-state index contributed by atoms with van der Waals surface area (Å²) in [6.07, 6.45) is 8.66. The lowest BCUT2D eigenvalue weighted by Crippen LogP contribution is -2.54. The molecule has 2 aromatic rings. The summed E-state index contributed by atoms with van der Waals surface area (Å²) in [5.41, 5.74) is 1.30. The minimum Gasteiger partial charge on any atom is -0.460 e. The minimum absolute atomic E-state index is 0.124. The van der Waals surface area contributed by atoms with Gasteiger partial charge in [0.05, 0.1) is 11.6 Å². The Hall–Kier alpha value is -1.32. The largest absolute Gasteiger partial charge is 0.460 e. The van der Waals surface area contributed by atoms with Gasteiger partial charge in [-0.05, 0) is 98.9 Å². The fraction of sp³-hybridized carbons (Fsp3) is 0.565. The lowest BCUT2D eigenvalue weighted by Gasteiger charge is -2.59. The number of furan rings is 1. The average molecular weight is 388 g/mol. The highest BCUT2D eigenvalue weighted by Crippen LogP contribution is 2.61. The van der Waals surface area contributed by atoms with Gasteiger partial charge in [-0.25, -0.2) is 4.39 Å². The van der Waals surface area contributed by atoms with Gasteiger partial charge in [0.25, 0.3) is 0 Å². The molecule has 0 radical (unpaired) electrons. The molecule has 4 bridgehead atoms. The number of hydrogen-bond donors (Lipinski definition) is 1. The maximum Gasteiger partial charge on any atom is 0.141 e. The molecule has 4 aliphatic rings. The molecule has 2 nitrogen and oxygen atoms in total. The van der Waals surface area contributed by atoms with Crippen LogP contribution in [0.3, 0.4) is 0 Å². The van der Waals surface area contributed by atoms with Gasteiger partial charge in [-0.2, -0.15) is 0 Å². The number of benzene rings is 1. The van der Waals surface area contributed by atoms with Gasteiger partial charge in [0.2, 0.25) is 0 Å². The summed E-state index contributed by atoms with van der Waals surface area (Å²) in [5, 5.41) is 3.89. The third kappa shape index (κ3) is 3.23. The first-order valence-corrected chi connectivity index (χ1v) is 10.7. The van der Waals surface area contributed by atoms with E-state index >= 15 is 0 Å². The molecule has 4 saturated carbocycles. The van der Waals surface area contributed by atoms with Gasteiger partial charge in [-0.3, -0.25) is 0 Å². The topological polar surface area (TPSA) is 25.2 Å². The van der Waals surface area contributed by atoms with E-state index in [0.29, 0.717) is 11.5 Å². The molecule has 4 fully saturated rings. The van der Waals surface area contributed by atoms with Crippen LogP contribution >= 0.6 is 11.6 Å². The van der Waals surface area contributed by atoms with Crippen molar-refractivity contribution in [2.75, 3.05) is 0 Å². The molecule has 0 amide bonds. The van der Waals surface area contributed by atoms with E-state index in [2.05, 4.69) is 12.2 Å². The zero-order chi connectivity index (χ0) is 18.6. The van der Waals surface area contributed by atoms with Crippen molar-refractivity contribution in [1.82, 2.24) is 5.32 Å². The van der Waals surface area contributed by atoms with Crippen LogP contribution in [0.1, 0.15) is 51.2 Å².